The SMILES string of the molecule is C[C@@H]1CN([C@H](c2ccccc2)c2cccc(O[Si](C)(C)C(C)(C)C)c2)[C@@H](C)CN1CC(=O)O. The van der Waals surface area contributed by atoms with E-state index in [2.05, 4.69) is 106 Å². The van der Waals surface area contributed by atoms with Gasteiger partial charge in [0.15, 0.2) is 0 Å². The third kappa shape index (κ3) is 6.05. The first-order chi connectivity index (χ1) is 15.4. The molecular formula is C27H40N2O3Si. The van der Waals surface area contributed by atoms with E-state index >= 15 is 0 Å². The predicted molar refractivity (Wildman–Crippen MR) is 137 cm³/mol. The Morgan fingerprint density at radius 2 is 1.67 bits per heavy atom. The van der Waals surface area contributed by atoms with Gasteiger partial charge in [0, 0.05) is 25.2 Å². The molecule has 0 amide bonds. The van der Waals surface area contributed by atoms with Gasteiger partial charge >= 0.3 is 5.97 Å². The van der Waals surface area contributed by atoms with Crippen molar-refractivity contribution in [3.05, 3.63) is 65.7 Å². The van der Waals surface area contributed by atoms with Gasteiger partial charge in [0.25, 0.3) is 0 Å². The van der Waals surface area contributed by atoms with Crippen LogP contribution in [0.4, 0.5) is 0 Å². The number of hydrogen-bond donors (Lipinski definition) is 1. The summed E-state index contributed by atoms with van der Waals surface area (Å²) in [5.74, 6) is 0.169. The maximum Gasteiger partial charge on any atom is 0.317 e. The van der Waals surface area contributed by atoms with Gasteiger partial charge in [-0.1, -0.05) is 63.2 Å². The second-order valence-electron chi connectivity index (χ2n) is 11.0. The summed E-state index contributed by atoms with van der Waals surface area (Å²) in [5.41, 5.74) is 2.45. The molecule has 0 bridgehead atoms. The van der Waals surface area contributed by atoms with Crippen LogP contribution in [0.25, 0.3) is 0 Å². The topological polar surface area (TPSA) is 53.0 Å². The molecule has 2 aromatic carbocycles. The standard InChI is InChI=1S/C27H40N2O3Si/c1-20-18-29(21(2)17-28(20)19-25(30)31)26(22-12-9-8-10-13-22)23-14-11-15-24(16-23)32-33(6,7)27(3,4)5/h8-16,20-21,26H,17-19H2,1-7H3,(H,30,31)/t20-,21+,26-/m1/s1. The molecule has 1 aliphatic heterocycles. The van der Waals surface area contributed by atoms with Crippen molar-refractivity contribution >= 4 is 14.3 Å². The smallest absolute Gasteiger partial charge is 0.317 e. The first-order valence-electron chi connectivity index (χ1n) is 11.9. The highest BCUT2D eigenvalue weighted by Crippen LogP contribution is 2.39. The molecule has 0 saturated carbocycles. The minimum Gasteiger partial charge on any atom is -0.543 e. The number of carbonyl (C=O) groups is 1. The van der Waals surface area contributed by atoms with Crippen molar-refractivity contribution in [1.82, 2.24) is 9.80 Å². The molecule has 1 aliphatic rings. The van der Waals surface area contributed by atoms with E-state index in [4.69, 9.17) is 4.43 Å². The van der Waals surface area contributed by atoms with Gasteiger partial charge in [-0.05, 0) is 55.2 Å². The molecule has 1 saturated heterocycles. The van der Waals surface area contributed by atoms with Gasteiger partial charge < -0.3 is 9.53 Å². The quantitative estimate of drug-likeness (QED) is 0.533. The second kappa shape index (κ2) is 10.00. The Morgan fingerprint density at radius 1 is 1.03 bits per heavy atom. The molecule has 2 aromatic rings. The lowest BCUT2D eigenvalue weighted by Crippen LogP contribution is -2.58. The summed E-state index contributed by atoms with van der Waals surface area (Å²) in [7, 11) is -1.95. The average Bonchev–Trinajstić information content (AvgIpc) is 2.71. The summed E-state index contributed by atoms with van der Waals surface area (Å²) in [5, 5.41) is 9.45. The van der Waals surface area contributed by atoms with Gasteiger partial charge in [0.05, 0.1) is 12.6 Å². The lowest BCUT2D eigenvalue weighted by atomic mass is 9.93. The van der Waals surface area contributed by atoms with E-state index in [0.717, 1.165) is 18.8 Å². The molecule has 0 unspecified atom stereocenters. The number of hydrogen-bond acceptors (Lipinski definition) is 4. The van der Waals surface area contributed by atoms with Crippen molar-refractivity contribution in [1.29, 1.82) is 0 Å². The monoisotopic (exact) mass is 468 g/mol. The molecular weight excluding hydrogens is 428 g/mol. The number of carboxylic acid groups (broad SMARTS) is 1. The van der Waals surface area contributed by atoms with Gasteiger partial charge in [-0.2, -0.15) is 0 Å². The molecule has 3 atom stereocenters. The molecule has 0 aliphatic carbocycles. The van der Waals surface area contributed by atoms with Crippen LogP contribution < -0.4 is 4.43 Å². The summed E-state index contributed by atoms with van der Waals surface area (Å²) in [6, 6.07) is 19.6. The Morgan fingerprint density at radius 3 is 2.27 bits per heavy atom. The van der Waals surface area contributed by atoms with Crippen LogP contribution >= 0.6 is 0 Å². The van der Waals surface area contributed by atoms with Gasteiger partial charge in [0.1, 0.15) is 5.75 Å². The van der Waals surface area contributed by atoms with Crippen LogP contribution in [0.2, 0.25) is 18.1 Å². The Labute approximate surface area is 200 Å². The zero-order chi connectivity index (χ0) is 24.4. The molecule has 0 radical (unpaired) electrons. The molecule has 6 heteroatoms. The lowest BCUT2D eigenvalue weighted by molar-refractivity contribution is -0.140. The summed E-state index contributed by atoms with van der Waals surface area (Å²) in [6.45, 7) is 17.3. The van der Waals surface area contributed by atoms with E-state index in [1.54, 1.807) is 0 Å². The maximum atomic E-state index is 11.3. The van der Waals surface area contributed by atoms with E-state index in [1.165, 1.54) is 11.1 Å². The van der Waals surface area contributed by atoms with Crippen molar-refractivity contribution in [2.75, 3.05) is 19.6 Å². The van der Waals surface area contributed by atoms with Gasteiger partial charge in [0.2, 0.25) is 8.32 Å². The van der Waals surface area contributed by atoms with Gasteiger partial charge in [-0.25, -0.2) is 0 Å². The summed E-state index contributed by atoms with van der Waals surface area (Å²) in [6.07, 6.45) is 0. The van der Waals surface area contributed by atoms with Crippen molar-refractivity contribution in [3.63, 3.8) is 0 Å². The summed E-state index contributed by atoms with van der Waals surface area (Å²) in [4.78, 5) is 15.9. The normalized spacial score (nSPS) is 21.5. The van der Waals surface area contributed by atoms with Crippen LogP contribution in [0.5, 0.6) is 5.75 Å². The Hall–Kier alpha value is -2.15. The van der Waals surface area contributed by atoms with Crippen LogP contribution in [0.15, 0.2) is 54.6 Å². The lowest BCUT2D eigenvalue weighted by Gasteiger charge is -2.47. The minimum atomic E-state index is -1.95. The van der Waals surface area contributed by atoms with Crippen LogP contribution in [0.3, 0.4) is 0 Å². The van der Waals surface area contributed by atoms with Crippen molar-refractivity contribution in [2.24, 2.45) is 0 Å². The van der Waals surface area contributed by atoms with Gasteiger partial charge in [-0.15, -0.1) is 0 Å². The third-order valence-corrected chi connectivity index (χ3v) is 11.7. The molecule has 180 valence electrons. The third-order valence-electron chi connectivity index (χ3n) is 7.30. The van der Waals surface area contributed by atoms with E-state index in [1.807, 2.05) is 6.07 Å². The number of piperazine rings is 1. The predicted octanol–water partition coefficient (Wildman–Crippen LogP) is 5.64. The summed E-state index contributed by atoms with van der Waals surface area (Å²) >= 11 is 0. The fourth-order valence-electron chi connectivity index (χ4n) is 4.39. The first kappa shape index (κ1) is 25.5. The van der Waals surface area contributed by atoms with Crippen molar-refractivity contribution in [2.45, 2.75) is 70.9 Å². The Balaban J connectivity index is 1.96. The van der Waals surface area contributed by atoms with Crippen molar-refractivity contribution in [3.8, 4) is 5.75 Å². The number of benzene rings is 2. The number of aliphatic carboxylic acids is 1. The molecule has 33 heavy (non-hydrogen) atoms. The number of carboxylic acids is 1. The highest BCUT2D eigenvalue weighted by atomic mass is 28.4. The van der Waals surface area contributed by atoms with Crippen LogP contribution in [-0.2, 0) is 4.79 Å². The van der Waals surface area contributed by atoms with E-state index in [0.29, 0.717) is 0 Å². The maximum absolute atomic E-state index is 11.3. The minimum absolute atomic E-state index is 0.0820. The zero-order valence-corrected chi connectivity index (χ0v) is 22.2. The first-order valence-corrected chi connectivity index (χ1v) is 14.9. The highest BCUT2D eigenvalue weighted by molar-refractivity contribution is 6.74. The van der Waals surface area contributed by atoms with Crippen LogP contribution in [0.1, 0.15) is 51.8 Å². The average molecular weight is 469 g/mol. The zero-order valence-electron chi connectivity index (χ0n) is 21.2. The number of nitrogens with zero attached hydrogens (tertiary/aromatic N) is 2. The van der Waals surface area contributed by atoms with Crippen LogP contribution in [0, 0.1) is 0 Å². The fraction of sp³-hybridized carbons (Fsp3) is 0.519. The van der Waals surface area contributed by atoms with Crippen LogP contribution in [-0.4, -0.2) is 60.9 Å². The van der Waals surface area contributed by atoms with E-state index in [-0.39, 0.29) is 29.7 Å². The van der Waals surface area contributed by atoms with Crippen molar-refractivity contribution < 1.29 is 14.3 Å². The largest absolute Gasteiger partial charge is 0.543 e. The van der Waals surface area contributed by atoms with Gasteiger partial charge in [-0.3, -0.25) is 14.6 Å². The molecule has 1 heterocycles. The number of rotatable bonds is 7. The molecule has 1 fully saturated rings. The Bertz CT molecular complexity index is 942. The molecule has 0 aromatic heterocycles. The van der Waals surface area contributed by atoms with E-state index in [9.17, 15) is 9.90 Å². The Kier molecular flexibility index (Phi) is 7.71. The fourth-order valence-corrected chi connectivity index (χ4v) is 5.41. The molecule has 5 nitrogen and oxygen atoms in total. The van der Waals surface area contributed by atoms with E-state index < -0.39 is 14.3 Å². The highest BCUT2D eigenvalue weighted by Gasteiger charge is 2.39. The molecule has 3 rings (SSSR count). The summed E-state index contributed by atoms with van der Waals surface area (Å²) < 4.78 is 6.64. The second-order valence-corrected chi connectivity index (χ2v) is 15.7. The molecule has 0 spiro atoms. The molecule has 1 N–H and O–H groups in total.